The molecule has 0 spiro atoms. The highest BCUT2D eigenvalue weighted by molar-refractivity contribution is 5.44. The third-order valence-corrected chi connectivity index (χ3v) is 3.42. The number of halogens is 1. The van der Waals surface area contributed by atoms with Crippen LogP contribution in [0, 0.1) is 5.82 Å². The Morgan fingerprint density at radius 3 is 1.75 bits per heavy atom. The molecular formula is C14H21FO. The Morgan fingerprint density at radius 1 is 1.06 bits per heavy atom. The lowest BCUT2D eigenvalue weighted by Gasteiger charge is -2.18. The first-order valence-electron chi connectivity index (χ1n) is 6.03. The Kier molecular flexibility index (Phi) is 4.34. The molecule has 1 rings (SSSR count). The first-order valence-corrected chi connectivity index (χ1v) is 6.03. The Hall–Kier alpha value is -1.05. The van der Waals surface area contributed by atoms with E-state index in [1.54, 1.807) is 0 Å². The maximum absolute atomic E-state index is 13.5. The predicted molar refractivity (Wildman–Crippen MR) is 65.5 cm³/mol. The third kappa shape index (κ3) is 2.55. The highest BCUT2D eigenvalue weighted by Crippen LogP contribution is 2.36. The molecular weight excluding hydrogens is 203 g/mol. The average Bonchev–Trinajstić information content (AvgIpc) is 2.29. The molecule has 0 aliphatic carbocycles. The fourth-order valence-corrected chi connectivity index (χ4v) is 1.83. The summed E-state index contributed by atoms with van der Waals surface area (Å²) in [6.07, 6.45) is 1.80. The van der Waals surface area contributed by atoms with E-state index in [0.717, 1.165) is 24.0 Å². The van der Waals surface area contributed by atoms with Gasteiger partial charge >= 0.3 is 0 Å². The Bertz CT molecular complexity index is 329. The lowest BCUT2D eigenvalue weighted by Crippen LogP contribution is -2.00. The SMILES string of the molecule is CCC(C)c1cc(F)cc(C(C)CC)c1O. The van der Waals surface area contributed by atoms with E-state index in [-0.39, 0.29) is 23.4 Å². The Balaban J connectivity index is 3.25. The van der Waals surface area contributed by atoms with Crippen LogP contribution in [0.4, 0.5) is 4.39 Å². The molecule has 16 heavy (non-hydrogen) atoms. The standard InChI is InChI=1S/C14H21FO/c1-5-9(3)12-7-11(15)8-13(14(12)16)10(4)6-2/h7-10,16H,5-6H2,1-4H3. The van der Waals surface area contributed by atoms with Gasteiger partial charge in [0.05, 0.1) is 0 Å². The van der Waals surface area contributed by atoms with Crippen LogP contribution in [0.1, 0.15) is 63.5 Å². The molecule has 1 aromatic rings. The number of phenols is 1. The molecule has 0 fully saturated rings. The summed E-state index contributed by atoms with van der Waals surface area (Å²) in [4.78, 5) is 0. The summed E-state index contributed by atoms with van der Waals surface area (Å²) in [5.41, 5.74) is 1.47. The van der Waals surface area contributed by atoms with Crippen molar-refractivity contribution < 1.29 is 9.50 Å². The zero-order valence-electron chi connectivity index (χ0n) is 10.5. The van der Waals surface area contributed by atoms with Gasteiger partial charge in [0.25, 0.3) is 0 Å². The van der Waals surface area contributed by atoms with Crippen LogP contribution in [0.2, 0.25) is 0 Å². The Labute approximate surface area is 97.3 Å². The lowest BCUT2D eigenvalue weighted by atomic mass is 9.90. The minimum atomic E-state index is -0.247. The van der Waals surface area contributed by atoms with Crippen LogP contribution < -0.4 is 0 Å². The summed E-state index contributed by atoms with van der Waals surface area (Å²) >= 11 is 0. The third-order valence-electron chi connectivity index (χ3n) is 3.42. The summed E-state index contributed by atoms with van der Waals surface area (Å²) < 4.78 is 13.5. The van der Waals surface area contributed by atoms with Crippen LogP contribution in [0.5, 0.6) is 5.75 Å². The zero-order valence-corrected chi connectivity index (χ0v) is 10.5. The van der Waals surface area contributed by atoms with Gasteiger partial charge in [-0.2, -0.15) is 0 Å². The zero-order chi connectivity index (χ0) is 12.3. The van der Waals surface area contributed by atoms with E-state index in [0.29, 0.717) is 0 Å². The van der Waals surface area contributed by atoms with Gasteiger partial charge in [0.1, 0.15) is 11.6 Å². The van der Waals surface area contributed by atoms with Gasteiger partial charge in [-0.1, -0.05) is 27.7 Å². The van der Waals surface area contributed by atoms with Crippen molar-refractivity contribution in [3.63, 3.8) is 0 Å². The predicted octanol–water partition coefficient (Wildman–Crippen LogP) is 4.56. The molecule has 2 atom stereocenters. The summed E-state index contributed by atoms with van der Waals surface area (Å²) in [5, 5.41) is 10.1. The molecule has 0 saturated carbocycles. The largest absolute Gasteiger partial charge is 0.507 e. The quantitative estimate of drug-likeness (QED) is 0.795. The van der Waals surface area contributed by atoms with Gasteiger partial charge in [-0.15, -0.1) is 0 Å². The van der Waals surface area contributed by atoms with Crippen LogP contribution >= 0.6 is 0 Å². The molecule has 0 amide bonds. The summed E-state index contributed by atoms with van der Waals surface area (Å²) in [5.74, 6) is 0.422. The van der Waals surface area contributed by atoms with Crippen molar-refractivity contribution in [3.05, 3.63) is 29.1 Å². The molecule has 1 nitrogen and oxygen atoms in total. The van der Waals surface area contributed by atoms with Crippen LogP contribution in [0.25, 0.3) is 0 Å². The maximum Gasteiger partial charge on any atom is 0.124 e. The van der Waals surface area contributed by atoms with E-state index in [2.05, 4.69) is 0 Å². The van der Waals surface area contributed by atoms with Crippen molar-refractivity contribution in [2.45, 2.75) is 52.4 Å². The van der Waals surface area contributed by atoms with E-state index < -0.39 is 0 Å². The fraction of sp³-hybridized carbons (Fsp3) is 0.571. The van der Waals surface area contributed by atoms with E-state index in [9.17, 15) is 9.50 Å². The maximum atomic E-state index is 13.5. The van der Waals surface area contributed by atoms with E-state index in [1.165, 1.54) is 12.1 Å². The fourth-order valence-electron chi connectivity index (χ4n) is 1.83. The minimum absolute atomic E-state index is 0.193. The average molecular weight is 224 g/mol. The molecule has 0 heterocycles. The van der Waals surface area contributed by atoms with Gasteiger partial charge in [0, 0.05) is 0 Å². The molecule has 2 unspecified atom stereocenters. The molecule has 0 aliphatic heterocycles. The summed E-state index contributed by atoms with van der Waals surface area (Å²) in [6, 6.07) is 2.91. The van der Waals surface area contributed by atoms with Crippen LogP contribution in [-0.2, 0) is 0 Å². The summed E-state index contributed by atoms with van der Waals surface area (Å²) in [6.45, 7) is 8.10. The number of benzene rings is 1. The van der Waals surface area contributed by atoms with E-state index in [1.807, 2.05) is 27.7 Å². The second-order valence-corrected chi connectivity index (χ2v) is 4.55. The van der Waals surface area contributed by atoms with Crippen molar-refractivity contribution in [1.82, 2.24) is 0 Å². The molecule has 0 aliphatic rings. The van der Waals surface area contributed by atoms with E-state index >= 15 is 0 Å². The molecule has 0 saturated heterocycles. The van der Waals surface area contributed by atoms with Gasteiger partial charge in [-0.05, 0) is 47.9 Å². The Morgan fingerprint density at radius 2 is 1.44 bits per heavy atom. The monoisotopic (exact) mass is 224 g/mol. The number of phenolic OH excluding ortho intramolecular Hbond substituents is 1. The van der Waals surface area contributed by atoms with Gasteiger partial charge < -0.3 is 5.11 Å². The number of hydrogen-bond acceptors (Lipinski definition) is 1. The van der Waals surface area contributed by atoms with Gasteiger partial charge in [-0.3, -0.25) is 0 Å². The highest BCUT2D eigenvalue weighted by Gasteiger charge is 2.17. The van der Waals surface area contributed by atoms with Crippen molar-refractivity contribution in [3.8, 4) is 5.75 Å². The van der Waals surface area contributed by atoms with Crippen molar-refractivity contribution >= 4 is 0 Å². The number of rotatable bonds is 4. The van der Waals surface area contributed by atoms with Crippen LogP contribution in [0.15, 0.2) is 12.1 Å². The first-order chi connectivity index (χ1) is 7.51. The second-order valence-electron chi connectivity index (χ2n) is 4.55. The van der Waals surface area contributed by atoms with Crippen molar-refractivity contribution in [1.29, 1.82) is 0 Å². The number of aromatic hydroxyl groups is 1. The normalized spacial score (nSPS) is 14.8. The molecule has 1 N–H and O–H groups in total. The minimum Gasteiger partial charge on any atom is -0.507 e. The molecule has 90 valence electrons. The van der Waals surface area contributed by atoms with E-state index in [4.69, 9.17) is 0 Å². The van der Waals surface area contributed by atoms with Crippen molar-refractivity contribution in [2.24, 2.45) is 0 Å². The smallest absolute Gasteiger partial charge is 0.124 e. The number of hydrogen-bond donors (Lipinski definition) is 1. The second kappa shape index (κ2) is 5.33. The van der Waals surface area contributed by atoms with Gasteiger partial charge in [-0.25, -0.2) is 4.39 Å². The molecule has 2 heteroatoms. The van der Waals surface area contributed by atoms with Gasteiger partial charge in [0.2, 0.25) is 0 Å². The van der Waals surface area contributed by atoms with Crippen LogP contribution in [0.3, 0.4) is 0 Å². The van der Waals surface area contributed by atoms with Gasteiger partial charge in [0.15, 0.2) is 0 Å². The topological polar surface area (TPSA) is 20.2 Å². The molecule has 0 aromatic heterocycles. The molecule has 0 radical (unpaired) electrons. The molecule has 1 aromatic carbocycles. The highest BCUT2D eigenvalue weighted by atomic mass is 19.1. The van der Waals surface area contributed by atoms with Crippen LogP contribution in [-0.4, -0.2) is 5.11 Å². The summed E-state index contributed by atoms with van der Waals surface area (Å²) in [7, 11) is 0. The lowest BCUT2D eigenvalue weighted by molar-refractivity contribution is 0.445. The first kappa shape index (κ1) is 13.0. The van der Waals surface area contributed by atoms with Crippen molar-refractivity contribution in [2.75, 3.05) is 0 Å². The molecule has 0 bridgehead atoms.